The summed E-state index contributed by atoms with van der Waals surface area (Å²) in [4.78, 5) is 13.2. The molecular weight excluding hydrogens is 180 g/mol. The van der Waals surface area contributed by atoms with Gasteiger partial charge >= 0.3 is 0 Å². The first-order valence-corrected chi connectivity index (χ1v) is 4.93. The van der Waals surface area contributed by atoms with Gasteiger partial charge in [-0.3, -0.25) is 4.79 Å². The molecule has 0 aromatic heterocycles. The fourth-order valence-electron chi connectivity index (χ4n) is 1.07. The zero-order valence-corrected chi connectivity index (χ0v) is 9.12. The van der Waals surface area contributed by atoms with Gasteiger partial charge in [-0.2, -0.15) is 5.26 Å². The van der Waals surface area contributed by atoms with Gasteiger partial charge < -0.3 is 9.64 Å². The lowest BCUT2D eigenvalue weighted by atomic mass is 10.2. The Balaban J connectivity index is 4.01. The molecule has 0 rings (SSSR count). The molecule has 1 unspecified atom stereocenters. The van der Waals surface area contributed by atoms with Crippen LogP contribution in [0.15, 0.2) is 0 Å². The van der Waals surface area contributed by atoms with Crippen LogP contribution in [0.1, 0.15) is 20.8 Å². The number of nitriles is 1. The summed E-state index contributed by atoms with van der Waals surface area (Å²) < 4.78 is 5.15. The molecule has 0 N–H and O–H groups in total. The second kappa shape index (κ2) is 7.34. The quantitative estimate of drug-likeness (QED) is 0.599. The van der Waals surface area contributed by atoms with E-state index in [0.717, 1.165) is 0 Å². The molecule has 0 aliphatic rings. The fourth-order valence-corrected chi connectivity index (χ4v) is 1.07. The van der Waals surface area contributed by atoms with Crippen LogP contribution in [0.4, 0.5) is 0 Å². The van der Waals surface area contributed by atoms with E-state index >= 15 is 0 Å². The molecule has 0 aliphatic heterocycles. The van der Waals surface area contributed by atoms with E-state index in [1.807, 2.05) is 19.9 Å². The van der Waals surface area contributed by atoms with E-state index in [9.17, 15) is 4.79 Å². The monoisotopic (exact) mass is 198 g/mol. The summed E-state index contributed by atoms with van der Waals surface area (Å²) in [6.07, 6.45) is 0. The average molecular weight is 198 g/mol. The van der Waals surface area contributed by atoms with E-state index in [1.165, 1.54) is 0 Å². The van der Waals surface area contributed by atoms with Crippen LogP contribution in [0.3, 0.4) is 0 Å². The van der Waals surface area contributed by atoms with Crippen molar-refractivity contribution in [3.05, 3.63) is 0 Å². The van der Waals surface area contributed by atoms with Gasteiger partial charge in [0.2, 0.25) is 5.91 Å². The molecule has 0 saturated heterocycles. The summed E-state index contributed by atoms with van der Waals surface area (Å²) in [6.45, 7) is 7.80. The summed E-state index contributed by atoms with van der Waals surface area (Å²) in [7, 11) is 0. The largest absolute Gasteiger partial charge is 0.380 e. The van der Waals surface area contributed by atoms with Crippen LogP contribution < -0.4 is 0 Å². The highest BCUT2D eigenvalue weighted by Gasteiger charge is 2.17. The molecule has 4 nitrogen and oxygen atoms in total. The zero-order valence-electron chi connectivity index (χ0n) is 9.12. The molecule has 0 spiro atoms. The van der Waals surface area contributed by atoms with Crippen molar-refractivity contribution in [2.45, 2.75) is 20.8 Å². The van der Waals surface area contributed by atoms with E-state index in [1.54, 1.807) is 11.8 Å². The second-order valence-corrected chi connectivity index (χ2v) is 2.97. The number of hydrogen-bond acceptors (Lipinski definition) is 3. The molecule has 0 bridgehead atoms. The van der Waals surface area contributed by atoms with Gasteiger partial charge in [-0.25, -0.2) is 0 Å². The number of amides is 1. The Morgan fingerprint density at radius 3 is 2.64 bits per heavy atom. The molecule has 0 saturated carbocycles. The molecule has 14 heavy (non-hydrogen) atoms. The van der Waals surface area contributed by atoms with E-state index < -0.39 is 5.92 Å². The van der Waals surface area contributed by atoms with Crippen LogP contribution in [-0.2, 0) is 9.53 Å². The summed E-state index contributed by atoms with van der Waals surface area (Å²) in [5, 5.41) is 8.59. The number of carbonyl (C=O) groups is 1. The first-order valence-electron chi connectivity index (χ1n) is 4.93. The minimum absolute atomic E-state index is 0.116. The molecule has 1 atom stereocenters. The third-order valence-corrected chi connectivity index (χ3v) is 1.97. The zero-order chi connectivity index (χ0) is 11.0. The van der Waals surface area contributed by atoms with Gasteiger partial charge in [0, 0.05) is 19.7 Å². The molecule has 0 fully saturated rings. The predicted molar refractivity (Wildman–Crippen MR) is 53.5 cm³/mol. The molecule has 4 heteroatoms. The third kappa shape index (κ3) is 4.24. The van der Waals surface area contributed by atoms with Gasteiger partial charge in [0.15, 0.2) is 0 Å². The maximum absolute atomic E-state index is 11.5. The summed E-state index contributed by atoms with van der Waals surface area (Å²) >= 11 is 0. The first kappa shape index (κ1) is 12.9. The maximum atomic E-state index is 11.5. The van der Waals surface area contributed by atoms with E-state index in [4.69, 9.17) is 10.00 Å². The van der Waals surface area contributed by atoms with E-state index in [2.05, 4.69) is 0 Å². The normalized spacial score (nSPS) is 11.9. The lowest BCUT2D eigenvalue weighted by Crippen LogP contribution is -2.37. The van der Waals surface area contributed by atoms with Crippen molar-refractivity contribution >= 4 is 5.91 Å². The van der Waals surface area contributed by atoms with Crippen molar-refractivity contribution in [2.75, 3.05) is 26.3 Å². The SMILES string of the molecule is CCOCCN(CC)C(=O)C(C)C#N. The van der Waals surface area contributed by atoms with Crippen molar-refractivity contribution in [3.8, 4) is 6.07 Å². The van der Waals surface area contributed by atoms with Gasteiger partial charge in [0.25, 0.3) is 0 Å². The van der Waals surface area contributed by atoms with Crippen molar-refractivity contribution in [3.63, 3.8) is 0 Å². The topological polar surface area (TPSA) is 53.3 Å². The van der Waals surface area contributed by atoms with Gasteiger partial charge in [-0.05, 0) is 20.8 Å². The molecule has 0 aromatic carbocycles. The number of nitrogens with zero attached hydrogens (tertiary/aromatic N) is 2. The second-order valence-electron chi connectivity index (χ2n) is 2.97. The number of hydrogen-bond donors (Lipinski definition) is 0. The Morgan fingerprint density at radius 2 is 2.21 bits per heavy atom. The molecular formula is C10H18N2O2. The van der Waals surface area contributed by atoms with Gasteiger partial charge in [0.05, 0.1) is 12.7 Å². The number of rotatable bonds is 6. The maximum Gasteiger partial charge on any atom is 0.239 e. The van der Waals surface area contributed by atoms with Crippen molar-refractivity contribution < 1.29 is 9.53 Å². The Hall–Kier alpha value is -1.08. The van der Waals surface area contributed by atoms with Crippen LogP contribution in [-0.4, -0.2) is 37.1 Å². The van der Waals surface area contributed by atoms with Gasteiger partial charge in [0.1, 0.15) is 5.92 Å². The standard InChI is InChI=1S/C10H18N2O2/c1-4-12(6-7-14-5-2)10(13)9(3)8-11/h9H,4-7H2,1-3H3. The Labute approximate surface area is 85.5 Å². The predicted octanol–water partition coefficient (Wildman–Crippen LogP) is 1.03. The summed E-state index contributed by atoms with van der Waals surface area (Å²) in [5.74, 6) is -0.675. The summed E-state index contributed by atoms with van der Waals surface area (Å²) in [5.41, 5.74) is 0. The minimum atomic E-state index is -0.559. The van der Waals surface area contributed by atoms with Gasteiger partial charge in [-0.1, -0.05) is 0 Å². The minimum Gasteiger partial charge on any atom is -0.380 e. The van der Waals surface area contributed by atoms with Crippen molar-refractivity contribution in [2.24, 2.45) is 5.92 Å². The molecule has 0 heterocycles. The number of ether oxygens (including phenoxy) is 1. The van der Waals surface area contributed by atoms with Crippen LogP contribution >= 0.6 is 0 Å². The molecule has 0 aromatic rings. The van der Waals surface area contributed by atoms with Crippen molar-refractivity contribution in [1.82, 2.24) is 4.90 Å². The smallest absolute Gasteiger partial charge is 0.239 e. The lowest BCUT2D eigenvalue weighted by molar-refractivity contribution is -0.133. The van der Waals surface area contributed by atoms with Crippen LogP contribution in [0.25, 0.3) is 0 Å². The van der Waals surface area contributed by atoms with Crippen LogP contribution in [0.5, 0.6) is 0 Å². The van der Waals surface area contributed by atoms with Crippen LogP contribution in [0.2, 0.25) is 0 Å². The fraction of sp³-hybridized carbons (Fsp3) is 0.800. The highest BCUT2D eigenvalue weighted by atomic mass is 16.5. The van der Waals surface area contributed by atoms with Gasteiger partial charge in [-0.15, -0.1) is 0 Å². The average Bonchev–Trinajstić information content (AvgIpc) is 2.22. The summed E-state index contributed by atoms with van der Waals surface area (Å²) in [6, 6.07) is 1.94. The van der Waals surface area contributed by atoms with E-state index in [-0.39, 0.29) is 5.91 Å². The molecule has 1 amide bonds. The molecule has 0 radical (unpaired) electrons. The number of carbonyl (C=O) groups excluding carboxylic acids is 1. The molecule has 80 valence electrons. The molecule has 0 aliphatic carbocycles. The first-order chi connectivity index (χ1) is 6.67. The van der Waals surface area contributed by atoms with Crippen molar-refractivity contribution in [1.29, 1.82) is 5.26 Å². The van der Waals surface area contributed by atoms with Crippen LogP contribution in [0, 0.1) is 17.2 Å². The Morgan fingerprint density at radius 1 is 1.57 bits per heavy atom. The highest BCUT2D eigenvalue weighted by molar-refractivity contribution is 5.80. The Bertz CT molecular complexity index is 211. The highest BCUT2D eigenvalue weighted by Crippen LogP contribution is 2.00. The number of likely N-dealkylation sites (N-methyl/N-ethyl adjacent to an activating group) is 1. The lowest BCUT2D eigenvalue weighted by Gasteiger charge is -2.21. The third-order valence-electron chi connectivity index (χ3n) is 1.97. The van der Waals surface area contributed by atoms with E-state index in [0.29, 0.717) is 26.3 Å². The Kier molecular flexibility index (Phi) is 6.77.